The van der Waals surface area contributed by atoms with Crippen molar-refractivity contribution < 1.29 is 14.3 Å². The van der Waals surface area contributed by atoms with Gasteiger partial charge in [0.1, 0.15) is 11.6 Å². The zero-order valence-corrected chi connectivity index (χ0v) is 12.9. The van der Waals surface area contributed by atoms with Crippen molar-refractivity contribution >= 4 is 11.9 Å². The first-order valence-electron chi connectivity index (χ1n) is 7.30. The van der Waals surface area contributed by atoms with Gasteiger partial charge < -0.3 is 9.64 Å². The Morgan fingerprint density at radius 3 is 2.53 bits per heavy atom. The van der Waals surface area contributed by atoms with E-state index in [0.29, 0.717) is 25.3 Å². The van der Waals surface area contributed by atoms with Crippen molar-refractivity contribution in [2.75, 3.05) is 6.54 Å². The van der Waals surface area contributed by atoms with E-state index in [-0.39, 0.29) is 11.9 Å². The lowest BCUT2D eigenvalue weighted by molar-refractivity contribution is -0.163. The first-order valence-corrected chi connectivity index (χ1v) is 7.30. The second-order valence-corrected chi connectivity index (χ2v) is 6.36. The van der Waals surface area contributed by atoms with E-state index in [2.05, 4.69) is 6.92 Å². The summed E-state index contributed by atoms with van der Waals surface area (Å²) < 4.78 is 5.41. The zero-order chi connectivity index (χ0) is 14.6. The maximum atomic E-state index is 12.2. The molecule has 1 saturated heterocycles. The van der Waals surface area contributed by atoms with Gasteiger partial charge in [0.2, 0.25) is 5.91 Å². The molecule has 0 N–H and O–H groups in total. The number of hydrogen-bond acceptors (Lipinski definition) is 3. The van der Waals surface area contributed by atoms with Crippen LogP contribution in [0.5, 0.6) is 0 Å². The number of ether oxygens (including phenoxy) is 1. The molecule has 0 aromatic heterocycles. The van der Waals surface area contributed by atoms with Gasteiger partial charge in [-0.2, -0.15) is 0 Å². The lowest BCUT2D eigenvalue weighted by Gasteiger charge is -2.29. The Balaban J connectivity index is 2.70. The second kappa shape index (κ2) is 6.40. The average Bonchev–Trinajstić information content (AvgIpc) is 2.59. The minimum absolute atomic E-state index is 0.0937. The molecule has 0 spiro atoms. The number of nitrogens with zero attached hydrogens (tertiary/aromatic N) is 1. The Morgan fingerprint density at radius 1 is 1.42 bits per heavy atom. The molecule has 0 aromatic carbocycles. The van der Waals surface area contributed by atoms with Crippen molar-refractivity contribution in [2.45, 2.75) is 71.9 Å². The monoisotopic (exact) mass is 269 g/mol. The van der Waals surface area contributed by atoms with Gasteiger partial charge >= 0.3 is 5.97 Å². The van der Waals surface area contributed by atoms with Gasteiger partial charge in [-0.3, -0.25) is 4.79 Å². The minimum Gasteiger partial charge on any atom is -0.458 e. The van der Waals surface area contributed by atoms with E-state index in [1.807, 2.05) is 27.7 Å². The summed E-state index contributed by atoms with van der Waals surface area (Å²) in [6, 6.07) is -0.423. The number of carbonyl (C=O) groups excluding carboxylic acids is 2. The lowest BCUT2D eigenvalue weighted by atomic mass is 10.0. The van der Waals surface area contributed by atoms with Crippen LogP contribution in [0.25, 0.3) is 0 Å². The molecule has 2 atom stereocenters. The summed E-state index contributed by atoms with van der Waals surface area (Å²) in [6.07, 6.45) is 3.31. The molecule has 1 fully saturated rings. The van der Waals surface area contributed by atoms with Crippen LogP contribution < -0.4 is 0 Å². The molecular weight excluding hydrogens is 242 g/mol. The molecule has 0 aromatic rings. The molecule has 1 aliphatic heterocycles. The normalized spacial score (nSPS) is 21.6. The predicted octanol–water partition coefficient (Wildman–Crippen LogP) is 2.76. The number of amides is 1. The number of hydrogen-bond donors (Lipinski definition) is 0. The summed E-state index contributed by atoms with van der Waals surface area (Å²) in [6.45, 7) is 10.3. The van der Waals surface area contributed by atoms with Gasteiger partial charge in [0, 0.05) is 13.0 Å². The molecule has 19 heavy (non-hydrogen) atoms. The third-order valence-corrected chi connectivity index (χ3v) is 3.38. The van der Waals surface area contributed by atoms with Gasteiger partial charge in [-0.1, -0.05) is 20.3 Å². The molecule has 1 amide bonds. The van der Waals surface area contributed by atoms with Crippen LogP contribution in [-0.4, -0.2) is 35.0 Å². The summed E-state index contributed by atoms with van der Waals surface area (Å²) in [4.78, 5) is 25.9. The quantitative estimate of drug-likeness (QED) is 0.721. The molecule has 0 unspecified atom stereocenters. The van der Waals surface area contributed by atoms with Crippen LogP contribution >= 0.6 is 0 Å². The van der Waals surface area contributed by atoms with E-state index in [0.717, 1.165) is 12.8 Å². The molecule has 1 aliphatic rings. The Bertz CT molecular complexity index is 333. The van der Waals surface area contributed by atoms with Gasteiger partial charge in [0.05, 0.1) is 0 Å². The molecule has 110 valence electrons. The van der Waals surface area contributed by atoms with Crippen LogP contribution in [-0.2, 0) is 14.3 Å². The highest BCUT2D eigenvalue weighted by Crippen LogP contribution is 2.26. The molecule has 0 radical (unpaired) electrons. The highest BCUT2D eigenvalue weighted by Gasteiger charge is 2.38. The van der Waals surface area contributed by atoms with Crippen molar-refractivity contribution in [3.8, 4) is 0 Å². The van der Waals surface area contributed by atoms with Crippen LogP contribution in [0.4, 0.5) is 0 Å². The number of esters is 1. The van der Waals surface area contributed by atoms with Gasteiger partial charge in [-0.15, -0.1) is 0 Å². The fraction of sp³-hybridized carbons (Fsp3) is 0.867. The molecule has 0 saturated carbocycles. The average molecular weight is 269 g/mol. The number of likely N-dealkylation sites (tertiary alicyclic amines) is 1. The van der Waals surface area contributed by atoms with Gasteiger partial charge in [-0.05, 0) is 39.5 Å². The fourth-order valence-electron chi connectivity index (χ4n) is 2.60. The van der Waals surface area contributed by atoms with Crippen molar-refractivity contribution in [1.82, 2.24) is 4.90 Å². The molecule has 1 heterocycles. The lowest BCUT2D eigenvalue weighted by Crippen LogP contribution is -2.44. The van der Waals surface area contributed by atoms with Crippen LogP contribution in [0.3, 0.4) is 0 Å². The Morgan fingerprint density at radius 2 is 2.05 bits per heavy atom. The summed E-state index contributed by atoms with van der Waals surface area (Å²) in [7, 11) is 0. The summed E-state index contributed by atoms with van der Waals surface area (Å²) >= 11 is 0. The molecule has 0 bridgehead atoms. The van der Waals surface area contributed by atoms with E-state index >= 15 is 0 Å². The predicted molar refractivity (Wildman–Crippen MR) is 74.7 cm³/mol. The number of rotatable bonds is 5. The minimum atomic E-state index is -0.504. The van der Waals surface area contributed by atoms with Crippen LogP contribution in [0.1, 0.15) is 60.3 Å². The van der Waals surface area contributed by atoms with E-state index in [4.69, 9.17) is 4.74 Å². The smallest absolute Gasteiger partial charge is 0.329 e. The molecule has 4 nitrogen and oxygen atoms in total. The SMILES string of the molecule is CCC[C@@H]1CC(=O)N([C@@H](CC)C(=O)OC(C)(C)C)C1. The van der Waals surface area contributed by atoms with Crippen molar-refractivity contribution in [1.29, 1.82) is 0 Å². The van der Waals surface area contributed by atoms with Crippen LogP contribution in [0, 0.1) is 5.92 Å². The highest BCUT2D eigenvalue weighted by atomic mass is 16.6. The molecule has 1 rings (SSSR count). The zero-order valence-electron chi connectivity index (χ0n) is 12.9. The van der Waals surface area contributed by atoms with E-state index in [1.165, 1.54) is 0 Å². The van der Waals surface area contributed by atoms with Crippen LogP contribution in [0.15, 0.2) is 0 Å². The van der Waals surface area contributed by atoms with Gasteiger partial charge in [0.15, 0.2) is 0 Å². The first kappa shape index (κ1) is 16.0. The Hall–Kier alpha value is -1.06. The molecule has 0 aliphatic carbocycles. The number of carbonyl (C=O) groups is 2. The second-order valence-electron chi connectivity index (χ2n) is 6.36. The van der Waals surface area contributed by atoms with Crippen molar-refractivity contribution in [3.63, 3.8) is 0 Å². The van der Waals surface area contributed by atoms with Crippen molar-refractivity contribution in [2.24, 2.45) is 5.92 Å². The van der Waals surface area contributed by atoms with Crippen molar-refractivity contribution in [3.05, 3.63) is 0 Å². The largest absolute Gasteiger partial charge is 0.458 e. The maximum absolute atomic E-state index is 12.2. The molecular formula is C15H27NO3. The summed E-state index contributed by atoms with van der Waals surface area (Å²) in [5, 5.41) is 0. The standard InChI is InChI=1S/C15H27NO3/c1-6-8-11-9-13(17)16(10-11)12(7-2)14(18)19-15(3,4)5/h11-12H,6-10H2,1-5H3/t11-,12+/m1/s1. The Labute approximate surface area is 116 Å². The van der Waals surface area contributed by atoms with Gasteiger partial charge in [-0.25, -0.2) is 4.79 Å². The topological polar surface area (TPSA) is 46.6 Å². The first-order chi connectivity index (χ1) is 8.78. The van der Waals surface area contributed by atoms with E-state index < -0.39 is 11.6 Å². The Kier molecular flexibility index (Phi) is 5.39. The van der Waals surface area contributed by atoms with Gasteiger partial charge in [0.25, 0.3) is 0 Å². The highest BCUT2D eigenvalue weighted by molar-refractivity contribution is 5.86. The third kappa shape index (κ3) is 4.51. The van der Waals surface area contributed by atoms with E-state index in [9.17, 15) is 9.59 Å². The fourth-order valence-corrected chi connectivity index (χ4v) is 2.60. The summed E-state index contributed by atoms with van der Waals surface area (Å²) in [5.74, 6) is 0.214. The molecule has 4 heteroatoms. The maximum Gasteiger partial charge on any atom is 0.329 e. The summed E-state index contributed by atoms with van der Waals surface area (Å²) in [5.41, 5.74) is -0.504. The van der Waals surface area contributed by atoms with E-state index in [1.54, 1.807) is 4.90 Å². The third-order valence-electron chi connectivity index (χ3n) is 3.38. The van der Waals surface area contributed by atoms with Crippen LogP contribution in [0.2, 0.25) is 0 Å².